The maximum Gasteiger partial charge on any atom is 0.216 e. The molecule has 1 saturated heterocycles. The summed E-state index contributed by atoms with van der Waals surface area (Å²) >= 11 is 0. The first kappa shape index (κ1) is 16.1. The van der Waals surface area contributed by atoms with Crippen molar-refractivity contribution < 1.29 is 13.2 Å². The van der Waals surface area contributed by atoms with Crippen molar-refractivity contribution in [2.24, 2.45) is 0 Å². The van der Waals surface area contributed by atoms with Gasteiger partial charge < -0.3 is 15.0 Å². The van der Waals surface area contributed by atoms with Crippen LogP contribution in [-0.2, 0) is 14.8 Å². The Morgan fingerprint density at radius 2 is 2.04 bits per heavy atom. The van der Waals surface area contributed by atoms with E-state index in [1.54, 1.807) is 0 Å². The Morgan fingerprint density at radius 3 is 2.78 bits per heavy atom. The third kappa shape index (κ3) is 3.59. The van der Waals surface area contributed by atoms with Gasteiger partial charge in [-0.25, -0.2) is 23.4 Å². The number of nitrogens with zero attached hydrogens (tertiary/aromatic N) is 4. The second kappa shape index (κ2) is 6.38. The molecule has 2 N–H and O–H groups in total. The first-order valence-electron chi connectivity index (χ1n) is 7.47. The number of hydrogen-bond donors (Lipinski definition) is 2. The van der Waals surface area contributed by atoms with Crippen LogP contribution in [0.5, 0.6) is 0 Å². The Labute approximate surface area is 134 Å². The Bertz CT molecular complexity index is 767. The van der Waals surface area contributed by atoms with Crippen molar-refractivity contribution in [3.05, 3.63) is 12.7 Å². The van der Waals surface area contributed by atoms with E-state index in [2.05, 4.69) is 25.3 Å². The highest BCUT2D eigenvalue weighted by atomic mass is 32.2. The van der Waals surface area contributed by atoms with E-state index < -0.39 is 10.0 Å². The number of hydrogen-bond acceptors (Lipinski definition) is 7. The van der Waals surface area contributed by atoms with Gasteiger partial charge in [-0.2, -0.15) is 4.31 Å². The molecule has 1 aliphatic rings. The summed E-state index contributed by atoms with van der Waals surface area (Å²) in [6.45, 7) is 4.81. The monoisotopic (exact) mass is 340 g/mol. The lowest BCUT2D eigenvalue weighted by atomic mass is 10.3. The van der Waals surface area contributed by atoms with E-state index in [1.807, 2.05) is 13.8 Å². The predicted molar refractivity (Wildman–Crippen MR) is 85.5 cm³/mol. The van der Waals surface area contributed by atoms with Gasteiger partial charge in [0.2, 0.25) is 10.0 Å². The number of nitrogens with one attached hydrogen (secondary N) is 2. The van der Waals surface area contributed by atoms with Gasteiger partial charge in [-0.1, -0.05) is 0 Å². The molecule has 1 fully saturated rings. The van der Waals surface area contributed by atoms with Crippen LogP contribution in [0.3, 0.4) is 0 Å². The summed E-state index contributed by atoms with van der Waals surface area (Å²) in [6, 6.07) is 0. The third-order valence-corrected chi connectivity index (χ3v) is 5.46. The van der Waals surface area contributed by atoms with Crippen LogP contribution in [0.4, 0.5) is 5.82 Å². The molecule has 10 heteroatoms. The molecule has 3 rings (SSSR count). The second-order valence-electron chi connectivity index (χ2n) is 5.64. The van der Waals surface area contributed by atoms with Gasteiger partial charge in [-0.3, -0.25) is 0 Å². The molecule has 0 aliphatic carbocycles. The summed E-state index contributed by atoms with van der Waals surface area (Å²) in [5, 5.41) is 3.03. The number of fused-ring (bicyclic) bond motifs is 1. The van der Waals surface area contributed by atoms with Crippen LogP contribution in [0.15, 0.2) is 12.7 Å². The maximum absolute atomic E-state index is 12.5. The molecule has 2 aromatic rings. The Morgan fingerprint density at radius 1 is 1.30 bits per heavy atom. The van der Waals surface area contributed by atoms with Gasteiger partial charge in [0.15, 0.2) is 11.5 Å². The van der Waals surface area contributed by atoms with Crippen molar-refractivity contribution in [3.8, 4) is 0 Å². The largest absolute Gasteiger partial charge is 0.373 e. The SMILES string of the molecule is CC1CN(S(=O)(=O)CCNc2ncnc3nc[nH]c23)CC(C)O1. The molecule has 0 spiro atoms. The average Bonchev–Trinajstić information content (AvgIpc) is 2.95. The molecule has 0 saturated carbocycles. The van der Waals surface area contributed by atoms with Crippen LogP contribution in [0.2, 0.25) is 0 Å². The van der Waals surface area contributed by atoms with Crippen LogP contribution in [0.1, 0.15) is 13.8 Å². The Hall–Kier alpha value is -1.78. The van der Waals surface area contributed by atoms with E-state index >= 15 is 0 Å². The molecule has 1 aliphatic heterocycles. The minimum atomic E-state index is -3.34. The average molecular weight is 340 g/mol. The molecule has 2 atom stereocenters. The standard InChI is InChI=1S/C13H20N6O3S/c1-9-5-19(6-10(2)22-9)23(20,21)4-3-14-12-11-13(16-7-15-11)18-8-17-12/h7-10H,3-6H2,1-2H3,(H2,14,15,16,17,18). The summed E-state index contributed by atoms with van der Waals surface area (Å²) in [5.41, 5.74) is 1.21. The van der Waals surface area contributed by atoms with Crippen LogP contribution in [0, 0.1) is 0 Å². The number of rotatable bonds is 5. The van der Waals surface area contributed by atoms with E-state index in [-0.39, 0.29) is 24.5 Å². The number of morpholine rings is 1. The van der Waals surface area contributed by atoms with Crippen LogP contribution >= 0.6 is 0 Å². The third-order valence-electron chi connectivity index (χ3n) is 3.65. The summed E-state index contributed by atoms with van der Waals surface area (Å²) in [7, 11) is -3.34. The van der Waals surface area contributed by atoms with Crippen molar-refractivity contribution in [3.63, 3.8) is 0 Å². The minimum absolute atomic E-state index is 0.00786. The molecule has 2 unspecified atom stereocenters. The van der Waals surface area contributed by atoms with E-state index in [4.69, 9.17) is 4.74 Å². The number of anilines is 1. The lowest BCUT2D eigenvalue weighted by molar-refractivity contribution is -0.0440. The van der Waals surface area contributed by atoms with Crippen LogP contribution in [0.25, 0.3) is 11.2 Å². The number of ether oxygens (including phenoxy) is 1. The zero-order valence-electron chi connectivity index (χ0n) is 13.1. The van der Waals surface area contributed by atoms with Crippen molar-refractivity contribution in [2.45, 2.75) is 26.1 Å². The Balaban J connectivity index is 1.62. The van der Waals surface area contributed by atoms with E-state index in [1.165, 1.54) is 17.0 Å². The molecular weight excluding hydrogens is 320 g/mol. The Kier molecular flexibility index (Phi) is 4.46. The molecule has 3 heterocycles. The van der Waals surface area contributed by atoms with Gasteiger partial charge in [0.1, 0.15) is 11.8 Å². The predicted octanol–water partition coefficient (Wildman–Crippen LogP) is 0.204. The second-order valence-corrected chi connectivity index (χ2v) is 7.73. The quantitative estimate of drug-likeness (QED) is 0.799. The zero-order valence-corrected chi connectivity index (χ0v) is 13.9. The molecule has 9 nitrogen and oxygen atoms in total. The lowest BCUT2D eigenvalue weighted by Crippen LogP contribution is -2.49. The lowest BCUT2D eigenvalue weighted by Gasteiger charge is -2.34. The summed E-state index contributed by atoms with van der Waals surface area (Å²) in [4.78, 5) is 15.1. The normalized spacial score (nSPS) is 23.2. The minimum Gasteiger partial charge on any atom is -0.373 e. The number of sulfonamides is 1. The maximum atomic E-state index is 12.5. The van der Waals surface area contributed by atoms with Crippen molar-refractivity contribution in [1.82, 2.24) is 24.2 Å². The molecule has 0 amide bonds. The molecule has 0 radical (unpaired) electrons. The number of aromatic amines is 1. The van der Waals surface area contributed by atoms with Gasteiger partial charge in [0.25, 0.3) is 0 Å². The van der Waals surface area contributed by atoms with Crippen LogP contribution in [-0.4, -0.2) is 70.3 Å². The highest BCUT2D eigenvalue weighted by Crippen LogP contribution is 2.16. The number of imidazole rings is 1. The molecule has 0 bridgehead atoms. The van der Waals surface area contributed by atoms with Gasteiger partial charge in [0, 0.05) is 19.6 Å². The van der Waals surface area contributed by atoms with Gasteiger partial charge in [-0.05, 0) is 13.8 Å². The van der Waals surface area contributed by atoms with Gasteiger partial charge in [0.05, 0.1) is 24.3 Å². The molecule has 23 heavy (non-hydrogen) atoms. The number of H-pyrrole nitrogens is 1. The molecule has 0 aromatic carbocycles. The number of aromatic nitrogens is 4. The highest BCUT2D eigenvalue weighted by molar-refractivity contribution is 7.89. The van der Waals surface area contributed by atoms with Crippen molar-refractivity contribution >= 4 is 27.0 Å². The highest BCUT2D eigenvalue weighted by Gasteiger charge is 2.30. The summed E-state index contributed by atoms with van der Waals surface area (Å²) < 4.78 is 32.0. The summed E-state index contributed by atoms with van der Waals surface area (Å²) in [6.07, 6.45) is 2.74. The smallest absolute Gasteiger partial charge is 0.216 e. The van der Waals surface area contributed by atoms with E-state index in [9.17, 15) is 8.42 Å². The first-order valence-corrected chi connectivity index (χ1v) is 9.08. The molecule has 126 valence electrons. The fraction of sp³-hybridized carbons (Fsp3) is 0.615. The van der Waals surface area contributed by atoms with Crippen molar-refractivity contribution in [2.75, 3.05) is 30.7 Å². The van der Waals surface area contributed by atoms with Crippen LogP contribution < -0.4 is 5.32 Å². The van der Waals surface area contributed by atoms with Gasteiger partial charge >= 0.3 is 0 Å². The molecule has 2 aromatic heterocycles. The van der Waals surface area contributed by atoms with Gasteiger partial charge in [-0.15, -0.1) is 0 Å². The molecular formula is C13H20N6O3S. The summed E-state index contributed by atoms with van der Waals surface area (Å²) in [5.74, 6) is 0.540. The zero-order chi connectivity index (χ0) is 16.4. The fourth-order valence-corrected chi connectivity index (χ4v) is 4.18. The topological polar surface area (TPSA) is 113 Å². The van der Waals surface area contributed by atoms with E-state index in [0.717, 1.165) is 0 Å². The van der Waals surface area contributed by atoms with Crippen molar-refractivity contribution in [1.29, 1.82) is 0 Å². The fourth-order valence-electron chi connectivity index (χ4n) is 2.68. The first-order chi connectivity index (χ1) is 11.0. The van der Waals surface area contributed by atoms with E-state index in [0.29, 0.717) is 30.1 Å².